The third-order valence-electron chi connectivity index (χ3n) is 3.92. The van der Waals surface area contributed by atoms with Crippen LogP contribution in [0.5, 0.6) is 5.75 Å². The summed E-state index contributed by atoms with van der Waals surface area (Å²) in [6, 6.07) is 13.1. The Hall–Kier alpha value is -2.93. The number of carbonyl (C=O) groups excluding carboxylic acids is 1. The van der Waals surface area contributed by atoms with Gasteiger partial charge in [0.15, 0.2) is 0 Å². The molecule has 7 nitrogen and oxygen atoms in total. The van der Waals surface area contributed by atoms with Crippen LogP contribution in [-0.4, -0.2) is 43.5 Å². The minimum atomic E-state index is -0.495. The fourth-order valence-electron chi connectivity index (χ4n) is 2.54. The number of non-ortho nitro benzene ring substituents is 1. The maximum Gasteiger partial charge on any atom is 0.269 e. The van der Waals surface area contributed by atoms with Crippen LogP contribution in [-0.2, 0) is 0 Å². The fraction of sp³-hybridized carbons (Fsp3) is 0.278. The van der Waals surface area contributed by atoms with E-state index < -0.39 is 4.92 Å². The van der Waals surface area contributed by atoms with Gasteiger partial charge in [0, 0.05) is 29.8 Å². The molecule has 0 spiro atoms. The van der Waals surface area contributed by atoms with Crippen molar-refractivity contribution in [1.29, 1.82) is 0 Å². The number of methoxy groups -OCH3 is 1. The normalized spacial score (nSPS) is 11.8. The Labute approximate surface area is 146 Å². The van der Waals surface area contributed by atoms with E-state index in [0.717, 1.165) is 11.3 Å². The molecule has 132 valence electrons. The van der Waals surface area contributed by atoms with E-state index in [1.54, 1.807) is 7.11 Å². The second-order valence-electron chi connectivity index (χ2n) is 5.74. The molecule has 0 fully saturated rings. The third kappa shape index (κ3) is 4.54. The largest absolute Gasteiger partial charge is 0.496 e. The highest BCUT2D eigenvalue weighted by Gasteiger charge is 2.19. The van der Waals surface area contributed by atoms with Crippen molar-refractivity contribution in [2.75, 3.05) is 27.7 Å². The Morgan fingerprint density at radius 2 is 1.84 bits per heavy atom. The molecule has 0 aliphatic rings. The van der Waals surface area contributed by atoms with Crippen LogP contribution in [0.2, 0.25) is 0 Å². The summed E-state index contributed by atoms with van der Waals surface area (Å²) >= 11 is 0. The zero-order chi connectivity index (χ0) is 18.4. The quantitative estimate of drug-likeness (QED) is 0.617. The van der Waals surface area contributed by atoms with E-state index in [9.17, 15) is 14.9 Å². The van der Waals surface area contributed by atoms with Gasteiger partial charge in [-0.25, -0.2) is 0 Å². The van der Waals surface area contributed by atoms with Crippen molar-refractivity contribution in [1.82, 2.24) is 10.2 Å². The van der Waals surface area contributed by atoms with Crippen molar-refractivity contribution >= 4 is 11.6 Å². The second kappa shape index (κ2) is 8.25. The number of amides is 1. The van der Waals surface area contributed by atoms with Gasteiger partial charge in [0.1, 0.15) is 5.75 Å². The summed E-state index contributed by atoms with van der Waals surface area (Å²) in [5.74, 6) is 0.474. The molecule has 0 saturated carbocycles. The standard InChI is InChI=1S/C18H21N3O4/c1-20(2)16(15-6-4-5-7-17(15)25-3)12-19-18(22)13-8-10-14(11-9-13)21(23)24/h4-11,16H,12H2,1-3H3,(H,19,22)/t16-/m0/s1. The van der Waals surface area contributed by atoms with E-state index in [-0.39, 0.29) is 17.6 Å². The van der Waals surface area contributed by atoms with Crippen LogP contribution in [0.3, 0.4) is 0 Å². The van der Waals surface area contributed by atoms with Crippen molar-refractivity contribution in [2.45, 2.75) is 6.04 Å². The van der Waals surface area contributed by atoms with Gasteiger partial charge in [-0.1, -0.05) is 18.2 Å². The van der Waals surface area contributed by atoms with E-state index >= 15 is 0 Å². The van der Waals surface area contributed by atoms with Gasteiger partial charge in [-0.3, -0.25) is 14.9 Å². The smallest absolute Gasteiger partial charge is 0.269 e. The van der Waals surface area contributed by atoms with E-state index in [4.69, 9.17) is 4.74 Å². The highest BCUT2D eigenvalue weighted by Crippen LogP contribution is 2.27. The summed E-state index contributed by atoms with van der Waals surface area (Å²) in [7, 11) is 5.46. The summed E-state index contributed by atoms with van der Waals surface area (Å²) < 4.78 is 5.40. The van der Waals surface area contributed by atoms with Crippen LogP contribution >= 0.6 is 0 Å². The van der Waals surface area contributed by atoms with Gasteiger partial charge in [-0.05, 0) is 32.3 Å². The first-order valence-corrected chi connectivity index (χ1v) is 7.76. The van der Waals surface area contributed by atoms with Crippen LogP contribution in [0.4, 0.5) is 5.69 Å². The molecule has 7 heteroatoms. The van der Waals surface area contributed by atoms with Crippen molar-refractivity contribution in [3.63, 3.8) is 0 Å². The van der Waals surface area contributed by atoms with Gasteiger partial charge in [0.2, 0.25) is 0 Å². The van der Waals surface area contributed by atoms with Gasteiger partial charge in [0.05, 0.1) is 18.1 Å². The molecule has 25 heavy (non-hydrogen) atoms. The number of hydrogen-bond acceptors (Lipinski definition) is 5. The number of carbonyl (C=O) groups is 1. The molecule has 0 saturated heterocycles. The number of likely N-dealkylation sites (N-methyl/N-ethyl adjacent to an activating group) is 1. The molecule has 0 aliphatic heterocycles. The molecule has 0 radical (unpaired) electrons. The lowest BCUT2D eigenvalue weighted by Gasteiger charge is -2.26. The fourth-order valence-corrected chi connectivity index (χ4v) is 2.54. The minimum Gasteiger partial charge on any atom is -0.496 e. The first-order chi connectivity index (χ1) is 11.9. The monoisotopic (exact) mass is 343 g/mol. The lowest BCUT2D eigenvalue weighted by atomic mass is 10.0. The number of rotatable bonds is 7. The van der Waals surface area contributed by atoms with Crippen LogP contribution in [0.1, 0.15) is 22.0 Å². The predicted molar refractivity (Wildman–Crippen MR) is 94.9 cm³/mol. The zero-order valence-electron chi connectivity index (χ0n) is 14.4. The van der Waals surface area contributed by atoms with E-state index in [0.29, 0.717) is 12.1 Å². The topological polar surface area (TPSA) is 84.7 Å². The number of para-hydroxylation sites is 1. The molecular weight excluding hydrogens is 322 g/mol. The Morgan fingerprint density at radius 3 is 2.40 bits per heavy atom. The zero-order valence-corrected chi connectivity index (χ0v) is 14.4. The number of nitro groups is 1. The van der Waals surface area contributed by atoms with E-state index in [1.165, 1.54) is 24.3 Å². The summed E-state index contributed by atoms with van der Waals surface area (Å²) in [6.07, 6.45) is 0. The van der Waals surface area contributed by atoms with Crippen LogP contribution in [0.15, 0.2) is 48.5 Å². The van der Waals surface area contributed by atoms with Gasteiger partial charge >= 0.3 is 0 Å². The van der Waals surface area contributed by atoms with Gasteiger partial charge in [-0.2, -0.15) is 0 Å². The first kappa shape index (κ1) is 18.4. The lowest BCUT2D eigenvalue weighted by molar-refractivity contribution is -0.384. The average molecular weight is 343 g/mol. The van der Waals surface area contributed by atoms with Crippen molar-refractivity contribution in [3.8, 4) is 5.75 Å². The second-order valence-corrected chi connectivity index (χ2v) is 5.74. The number of nitro benzene ring substituents is 1. The summed E-state index contributed by atoms with van der Waals surface area (Å²) in [5.41, 5.74) is 1.30. The molecular formula is C18H21N3O4. The number of benzene rings is 2. The first-order valence-electron chi connectivity index (χ1n) is 7.76. The van der Waals surface area contributed by atoms with Crippen LogP contribution in [0, 0.1) is 10.1 Å². The summed E-state index contributed by atoms with van der Waals surface area (Å²) in [4.78, 5) is 24.5. The van der Waals surface area contributed by atoms with Gasteiger partial charge < -0.3 is 15.0 Å². The number of hydrogen-bond donors (Lipinski definition) is 1. The molecule has 0 aromatic heterocycles. The molecule has 0 aliphatic carbocycles. The van der Waals surface area contributed by atoms with Crippen LogP contribution in [0.25, 0.3) is 0 Å². The van der Waals surface area contributed by atoms with E-state index in [1.807, 2.05) is 43.3 Å². The molecule has 2 aromatic rings. The summed E-state index contributed by atoms with van der Waals surface area (Å²) in [6.45, 7) is 0.378. The van der Waals surface area contributed by atoms with Crippen molar-refractivity contribution in [3.05, 3.63) is 69.8 Å². The lowest BCUT2D eigenvalue weighted by Crippen LogP contribution is -2.34. The minimum absolute atomic E-state index is 0.0447. The Balaban J connectivity index is 2.10. The van der Waals surface area contributed by atoms with E-state index in [2.05, 4.69) is 5.32 Å². The highest BCUT2D eigenvalue weighted by molar-refractivity contribution is 5.94. The SMILES string of the molecule is COc1ccccc1[C@H](CNC(=O)c1ccc([N+](=O)[O-])cc1)N(C)C. The number of nitrogens with zero attached hydrogens (tertiary/aromatic N) is 2. The maximum absolute atomic E-state index is 12.3. The molecule has 1 amide bonds. The van der Waals surface area contributed by atoms with Gasteiger partial charge in [0.25, 0.3) is 11.6 Å². The molecule has 0 bridgehead atoms. The van der Waals surface area contributed by atoms with Crippen molar-refractivity contribution in [2.24, 2.45) is 0 Å². The maximum atomic E-state index is 12.3. The van der Waals surface area contributed by atoms with Gasteiger partial charge in [-0.15, -0.1) is 0 Å². The molecule has 2 rings (SSSR count). The number of ether oxygens (including phenoxy) is 1. The summed E-state index contributed by atoms with van der Waals surface area (Å²) in [5, 5.41) is 13.5. The molecule has 1 atom stereocenters. The van der Waals surface area contributed by atoms with Crippen molar-refractivity contribution < 1.29 is 14.5 Å². The Bertz CT molecular complexity index is 744. The molecule has 0 heterocycles. The average Bonchev–Trinajstić information content (AvgIpc) is 2.61. The predicted octanol–water partition coefficient (Wildman–Crippen LogP) is 2.64. The molecule has 1 N–H and O–H groups in total. The Morgan fingerprint density at radius 1 is 1.20 bits per heavy atom. The third-order valence-corrected chi connectivity index (χ3v) is 3.92. The highest BCUT2D eigenvalue weighted by atomic mass is 16.6. The molecule has 2 aromatic carbocycles. The van der Waals surface area contributed by atoms with Crippen LogP contribution < -0.4 is 10.1 Å². The molecule has 0 unspecified atom stereocenters. The number of nitrogens with one attached hydrogen (secondary N) is 1. The Kier molecular flexibility index (Phi) is 6.08.